The van der Waals surface area contributed by atoms with Crippen LogP contribution in [-0.4, -0.2) is 89.2 Å². The van der Waals surface area contributed by atoms with Crippen molar-refractivity contribution in [2.75, 3.05) is 33.3 Å². The molecule has 2 aromatic carbocycles. The maximum Gasteiger partial charge on any atom is 0.254 e. The number of rotatable bonds is 15. The van der Waals surface area contributed by atoms with Crippen LogP contribution in [0.25, 0.3) is 0 Å². The number of nitrogens with two attached hydrogens (primary N) is 1. The van der Waals surface area contributed by atoms with Crippen molar-refractivity contribution >= 4 is 17.7 Å². The Morgan fingerprint density at radius 1 is 0.902 bits per heavy atom. The number of halogens is 2. The van der Waals surface area contributed by atoms with Crippen molar-refractivity contribution in [3.05, 3.63) is 70.3 Å². The number of aryl methyl sites for hydroxylation is 1. The Morgan fingerprint density at radius 2 is 1.46 bits per heavy atom. The first-order valence-electron chi connectivity index (χ1n) is 13.9. The normalized spacial score (nSPS) is 13.3. The quantitative estimate of drug-likeness (QED) is 0.257. The summed E-state index contributed by atoms with van der Waals surface area (Å²) in [6, 6.07) is 5.25. The largest absolute Gasteiger partial charge is 0.394 e. The maximum absolute atomic E-state index is 13.9. The van der Waals surface area contributed by atoms with Gasteiger partial charge in [-0.25, -0.2) is 8.78 Å². The van der Waals surface area contributed by atoms with Gasteiger partial charge in [0.2, 0.25) is 5.91 Å². The molecule has 0 radical (unpaired) electrons. The fraction of sp³-hybridized carbons (Fsp3) is 0.500. The van der Waals surface area contributed by atoms with Crippen LogP contribution in [0.15, 0.2) is 36.4 Å². The SMILES string of the molecule is CCCN(CCC)C(=O)c1cc(CC)cc(C(=O)N(C[C@@H](O)[C@@H](N)Cc2cc(F)cc(F)c2)[C@@H](CO)C(=O)NC)c1. The molecule has 0 fully saturated rings. The van der Waals surface area contributed by atoms with E-state index in [2.05, 4.69) is 5.32 Å². The number of nitrogens with zero attached hydrogens (tertiary/aromatic N) is 2. The summed E-state index contributed by atoms with van der Waals surface area (Å²) in [5, 5.41) is 23.4. The van der Waals surface area contributed by atoms with Crippen molar-refractivity contribution in [2.24, 2.45) is 5.73 Å². The molecular formula is C30H42F2N4O5. The molecule has 0 spiro atoms. The summed E-state index contributed by atoms with van der Waals surface area (Å²) in [6.07, 6.45) is 0.520. The van der Waals surface area contributed by atoms with Crippen molar-refractivity contribution < 1.29 is 33.4 Å². The molecule has 3 atom stereocenters. The molecule has 0 aliphatic carbocycles. The topological polar surface area (TPSA) is 136 Å². The first kappa shape index (κ1) is 33.8. The number of carbonyl (C=O) groups is 3. The Hall–Kier alpha value is -3.41. The molecular weight excluding hydrogens is 534 g/mol. The van der Waals surface area contributed by atoms with E-state index in [1.807, 2.05) is 20.8 Å². The lowest BCUT2D eigenvalue weighted by molar-refractivity contribution is -0.127. The fourth-order valence-corrected chi connectivity index (χ4v) is 4.66. The van der Waals surface area contributed by atoms with Gasteiger partial charge in [0.1, 0.15) is 17.7 Å². The van der Waals surface area contributed by atoms with E-state index in [1.54, 1.807) is 17.0 Å². The van der Waals surface area contributed by atoms with Crippen molar-refractivity contribution in [3.8, 4) is 0 Å². The molecule has 2 rings (SSSR count). The van der Waals surface area contributed by atoms with Crippen LogP contribution in [0.2, 0.25) is 0 Å². The molecule has 0 aliphatic heterocycles. The molecule has 226 valence electrons. The van der Waals surface area contributed by atoms with E-state index < -0.39 is 54.8 Å². The summed E-state index contributed by atoms with van der Waals surface area (Å²) in [7, 11) is 1.35. The van der Waals surface area contributed by atoms with Crippen LogP contribution in [0, 0.1) is 11.6 Å². The smallest absolute Gasteiger partial charge is 0.254 e. The van der Waals surface area contributed by atoms with Crippen LogP contribution >= 0.6 is 0 Å². The Labute approximate surface area is 240 Å². The molecule has 0 aliphatic rings. The Balaban J connectivity index is 2.45. The van der Waals surface area contributed by atoms with E-state index in [-0.39, 0.29) is 23.5 Å². The minimum Gasteiger partial charge on any atom is -0.394 e. The van der Waals surface area contributed by atoms with E-state index in [0.717, 1.165) is 35.4 Å². The van der Waals surface area contributed by atoms with E-state index >= 15 is 0 Å². The number of carbonyl (C=O) groups excluding carboxylic acids is 3. The number of likely N-dealkylation sites (N-methyl/N-ethyl adjacent to an activating group) is 1. The number of hydrogen-bond donors (Lipinski definition) is 4. The molecule has 0 saturated carbocycles. The predicted molar refractivity (Wildman–Crippen MR) is 152 cm³/mol. The first-order chi connectivity index (χ1) is 19.5. The van der Waals surface area contributed by atoms with Crippen LogP contribution in [0.5, 0.6) is 0 Å². The standard InChI is InChI=1S/C30H42F2N4O5/c1-5-8-35(9-6-2)29(40)21-10-19(7-3)11-22(15-21)30(41)36(26(18-37)28(39)34-4)17-27(38)25(33)14-20-12-23(31)16-24(32)13-20/h10-13,15-16,25-27,37-38H,5-9,14,17-18,33H2,1-4H3,(H,34,39)/t25-,26-,27+/m0/s1. The van der Waals surface area contributed by atoms with Gasteiger partial charge in [-0.2, -0.15) is 0 Å². The first-order valence-corrected chi connectivity index (χ1v) is 13.9. The van der Waals surface area contributed by atoms with E-state index in [0.29, 0.717) is 31.1 Å². The highest BCUT2D eigenvalue weighted by Crippen LogP contribution is 2.19. The van der Waals surface area contributed by atoms with Crippen LogP contribution < -0.4 is 11.1 Å². The van der Waals surface area contributed by atoms with E-state index in [4.69, 9.17) is 5.73 Å². The van der Waals surface area contributed by atoms with Gasteiger partial charge in [-0.15, -0.1) is 0 Å². The third kappa shape index (κ3) is 9.31. The Kier molecular flexibility index (Phi) is 13.3. The van der Waals surface area contributed by atoms with Gasteiger partial charge in [0.05, 0.1) is 12.7 Å². The lowest BCUT2D eigenvalue weighted by Gasteiger charge is -2.33. The van der Waals surface area contributed by atoms with Crippen molar-refractivity contribution in [3.63, 3.8) is 0 Å². The molecule has 0 unspecified atom stereocenters. The molecule has 5 N–H and O–H groups in total. The summed E-state index contributed by atoms with van der Waals surface area (Å²) < 4.78 is 27.3. The number of aliphatic hydroxyl groups is 2. The van der Waals surface area contributed by atoms with Crippen LogP contribution in [-0.2, 0) is 17.6 Å². The lowest BCUT2D eigenvalue weighted by atomic mass is 9.99. The van der Waals surface area contributed by atoms with E-state index in [1.165, 1.54) is 13.1 Å². The van der Waals surface area contributed by atoms with Crippen LogP contribution in [0.1, 0.15) is 65.5 Å². The second kappa shape index (κ2) is 16.1. The second-order valence-electron chi connectivity index (χ2n) is 10.0. The summed E-state index contributed by atoms with van der Waals surface area (Å²) in [6.45, 7) is 5.72. The molecule has 3 amide bonds. The third-order valence-electron chi connectivity index (χ3n) is 6.80. The molecule has 0 bridgehead atoms. The number of nitrogens with one attached hydrogen (secondary N) is 1. The third-order valence-corrected chi connectivity index (χ3v) is 6.80. The summed E-state index contributed by atoms with van der Waals surface area (Å²) in [5.41, 5.74) is 7.50. The van der Waals surface area contributed by atoms with Gasteiger partial charge >= 0.3 is 0 Å². The molecule has 2 aromatic rings. The van der Waals surface area contributed by atoms with Gasteiger partial charge in [0.15, 0.2) is 0 Å². The Morgan fingerprint density at radius 3 is 1.95 bits per heavy atom. The monoisotopic (exact) mass is 576 g/mol. The summed E-state index contributed by atoms with van der Waals surface area (Å²) in [4.78, 5) is 42.6. The average molecular weight is 577 g/mol. The molecule has 11 heteroatoms. The highest BCUT2D eigenvalue weighted by Gasteiger charge is 2.33. The van der Waals surface area contributed by atoms with E-state index in [9.17, 15) is 33.4 Å². The van der Waals surface area contributed by atoms with Crippen LogP contribution in [0.4, 0.5) is 8.78 Å². The number of benzene rings is 2. The number of amides is 3. The van der Waals surface area contributed by atoms with Crippen molar-refractivity contribution in [1.29, 1.82) is 0 Å². The van der Waals surface area contributed by atoms with Crippen molar-refractivity contribution in [2.45, 2.75) is 64.6 Å². The van der Waals surface area contributed by atoms with Crippen LogP contribution in [0.3, 0.4) is 0 Å². The second-order valence-corrected chi connectivity index (χ2v) is 10.0. The predicted octanol–water partition coefficient (Wildman–Crippen LogP) is 2.27. The van der Waals surface area contributed by atoms with Gasteiger partial charge in [-0.1, -0.05) is 20.8 Å². The van der Waals surface area contributed by atoms with Gasteiger partial charge in [-0.05, 0) is 67.1 Å². The maximum atomic E-state index is 13.9. The zero-order valence-electron chi connectivity index (χ0n) is 24.2. The molecule has 0 saturated heterocycles. The Bertz CT molecular complexity index is 1170. The minimum absolute atomic E-state index is 0.107. The highest BCUT2D eigenvalue weighted by molar-refractivity contribution is 6.01. The van der Waals surface area contributed by atoms with Gasteiger partial charge in [-0.3, -0.25) is 14.4 Å². The van der Waals surface area contributed by atoms with Gasteiger partial charge < -0.3 is 31.1 Å². The summed E-state index contributed by atoms with van der Waals surface area (Å²) >= 11 is 0. The molecule has 0 aromatic heterocycles. The molecule has 0 heterocycles. The molecule has 41 heavy (non-hydrogen) atoms. The number of aliphatic hydroxyl groups excluding tert-OH is 2. The highest BCUT2D eigenvalue weighted by atomic mass is 19.1. The zero-order chi connectivity index (χ0) is 30.7. The summed E-state index contributed by atoms with van der Waals surface area (Å²) in [5.74, 6) is -3.18. The fourth-order valence-electron chi connectivity index (χ4n) is 4.66. The van der Waals surface area contributed by atoms with Crippen molar-refractivity contribution in [1.82, 2.24) is 15.1 Å². The average Bonchev–Trinajstić information content (AvgIpc) is 2.94. The lowest BCUT2D eigenvalue weighted by Crippen LogP contribution is -2.55. The zero-order valence-corrected chi connectivity index (χ0v) is 24.2. The number of hydrogen-bond acceptors (Lipinski definition) is 6. The minimum atomic E-state index is -1.43. The molecule has 9 nitrogen and oxygen atoms in total. The van der Waals surface area contributed by atoms with Gasteiger partial charge in [0, 0.05) is 49.9 Å². The van der Waals surface area contributed by atoms with Gasteiger partial charge in [0.25, 0.3) is 11.8 Å².